The Hall–Kier alpha value is -7.39. The molecule has 0 N–H and O–H groups in total. The average molecular weight is 993 g/mol. The van der Waals surface area contributed by atoms with Crippen LogP contribution < -0.4 is 13.6 Å². The first-order valence-electron chi connectivity index (χ1n) is 25.9. The molecule has 0 atom stereocenters. The lowest BCUT2D eigenvalue weighted by atomic mass is 9.78. The lowest BCUT2D eigenvalue weighted by molar-refractivity contribution is 0.298. The number of phosphoric ester groups is 1. The molecule has 0 aromatic heterocycles. The molecule has 0 aliphatic heterocycles. The van der Waals surface area contributed by atoms with E-state index in [1.54, 1.807) is 0 Å². The minimum Gasteiger partial charge on any atom is -0.386 e. The van der Waals surface area contributed by atoms with Gasteiger partial charge in [-0.3, -0.25) is 0 Å². The second-order valence-electron chi connectivity index (χ2n) is 20.6. The summed E-state index contributed by atoms with van der Waals surface area (Å²) in [6.45, 7) is 26.2. The second-order valence-corrected chi connectivity index (χ2v) is 22.0. The van der Waals surface area contributed by atoms with Gasteiger partial charge in [0.1, 0.15) is 17.2 Å². The van der Waals surface area contributed by atoms with Gasteiger partial charge in [-0.05, 0) is 236 Å². The first-order chi connectivity index (χ1) is 35.5. The van der Waals surface area contributed by atoms with E-state index in [1.807, 2.05) is 36.4 Å². The summed E-state index contributed by atoms with van der Waals surface area (Å²) in [7, 11) is -4.44. The van der Waals surface area contributed by atoms with Crippen LogP contribution >= 0.6 is 7.82 Å². The van der Waals surface area contributed by atoms with Gasteiger partial charge in [-0.2, -0.15) is 4.57 Å². The molecule has 0 saturated heterocycles. The number of hydrogen-bond acceptors (Lipinski definition) is 4. The fourth-order valence-electron chi connectivity index (χ4n) is 11.7. The average Bonchev–Trinajstić information content (AvgIpc) is 3.35. The van der Waals surface area contributed by atoms with E-state index in [9.17, 15) is 0 Å². The third-order valence-corrected chi connectivity index (χ3v) is 16.6. The largest absolute Gasteiger partial charge is 0.647 e. The Morgan fingerprint density at radius 1 is 0.243 bits per heavy atom. The van der Waals surface area contributed by atoms with Gasteiger partial charge in [-0.25, -0.2) is 0 Å². The van der Waals surface area contributed by atoms with Gasteiger partial charge in [0.15, 0.2) is 0 Å². The summed E-state index contributed by atoms with van der Waals surface area (Å²) in [6.07, 6.45) is 0. The summed E-state index contributed by atoms with van der Waals surface area (Å²) >= 11 is 0. The molecule has 0 fully saturated rings. The number of benzene rings is 9. The first-order valence-corrected chi connectivity index (χ1v) is 27.3. The smallest absolute Gasteiger partial charge is 0.386 e. The summed E-state index contributed by atoms with van der Waals surface area (Å²) in [5.41, 5.74) is 25.7. The third kappa shape index (κ3) is 10.5. The molecule has 5 heteroatoms. The van der Waals surface area contributed by atoms with Crippen molar-refractivity contribution in [2.45, 2.75) is 101 Å². The number of hydrogen-bond donors (Lipinski definition) is 0. The zero-order chi connectivity index (χ0) is 52.4. The fourth-order valence-corrected chi connectivity index (χ4v) is 13.0. The summed E-state index contributed by atoms with van der Waals surface area (Å²) in [5.74, 6) is 0.991. The summed E-state index contributed by atoms with van der Waals surface area (Å²) in [5, 5.41) is 0. The normalized spacial score (nSPS) is 11.7. The summed E-state index contributed by atoms with van der Waals surface area (Å²) in [4.78, 5) is 0. The van der Waals surface area contributed by atoms with Crippen LogP contribution in [0.1, 0.15) is 135 Å². The van der Waals surface area contributed by atoms with Crippen molar-refractivity contribution in [1.82, 2.24) is 0 Å². The van der Waals surface area contributed by atoms with Crippen molar-refractivity contribution >= 4 is 7.82 Å². The van der Waals surface area contributed by atoms with Crippen LogP contribution in [0.2, 0.25) is 0 Å². The van der Waals surface area contributed by atoms with Crippen molar-refractivity contribution in [3.05, 3.63) is 299 Å². The quantitative estimate of drug-likeness (QED) is 0.0758. The van der Waals surface area contributed by atoms with Gasteiger partial charge in [0, 0.05) is 17.8 Å². The van der Waals surface area contributed by atoms with Crippen LogP contribution in [0, 0.1) is 83.1 Å². The predicted octanol–water partition coefficient (Wildman–Crippen LogP) is 18.6. The van der Waals surface area contributed by atoms with Gasteiger partial charge >= 0.3 is 7.82 Å². The highest BCUT2D eigenvalue weighted by Gasteiger charge is 2.35. The SMILES string of the molecule is Cc1cccc(C)c1C(c1ccc(OP(=O)(Oc2ccc(C(c3c(C)cccc3C)c3c(C)cccc3C)cc2)Oc2ccc(C(c3c(C)cccc3C)c3c(C)cccc3C)cc2)cc1)c1c(C)cccc1C. The molecule has 0 saturated carbocycles. The highest BCUT2D eigenvalue weighted by molar-refractivity contribution is 7.49. The van der Waals surface area contributed by atoms with E-state index in [2.05, 4.69) is 229 Å². The molecular formula is C69H69O4P. The van der Waals surface area contributed by atoms with Crippen molar-refractivity contribution in [3.8, 4) is 17.2 Å². The molecule has 0 spiro atoms. The minimum absolute atomic E-state index is 0.0331. The van der Waals surface area contributed by atoms with Crippen LogP contribution in [0.3, 0.4) is 0 Å². The topological polar surface area (TPSA) is 44.8 Å². The van der Waals surface area contributed by atoms with Gasteiger partial charge in [-0.15, -0.1) is 0 Å². The monoisotopic (exact) mass is 992 g/mol. The van der Waals surface area contributed by atoms with Crippen LogP contribution in [-0.4, -0.2) is 0 Å². The Balaban J connectivity index is 1.11. The van der Waals surface area contributed by atoms with Crippen molar-refractivity contribution in [2.75, 3.05) is 0 Å². The summed E-state index contributed by atoms with van der Waals surface area (Å²) < 4.78 is 35.1. The molecule has 0 aliphatic carbocycles. The predicted molar refractivity (Wildman–Crippen MR) is 307 cm³/mol. The van der Waals surface area contributed by atoms with Gasteiger partial charge < -0.3 is 13.6 Å². The third-order valence-electron chi connectivity index (χ3n) is 15.3. The molecule has 0 heterocycles. The summed E-state index contributed by atoms with van der Waals surface area (Å²) in [6, 6.07) is 62.7. The van der Waals surface area contributed by atoms with Gasteiger partial charge in [0.2, 0.25) is 0 Å². The minimum atomic E-state index is -4.44. The maximum atomic E-state index is 15.6. The maximum absolute atomic E-state index is 15.6. The zero-order valence-corrected chi connectivity index (χ0v) is 46.0. The van der Waals surface area contributed by atoms with Crippen molar-refractivity contribution in [1.29, 1.82) is 0 Å². The Labute approximate surface area is 440 Å². The lowest BCUT2D eigenvalue weighted by Gasteiger charge is -2.27. The van der Waals surface area contributed by atoms with Gasteiger partial charge in [0.05, 0.1) is 0 Å². The van der Waals surface area contributed by atoms with Crippen LogP contribution in [0.4, 0.5) is 0 Å². The number of aryl methyl sites for hydroxylation is 12. The van der Waals surface area contributed by atoms with Gasteiger partial charge in [0.25, 0.3) is 0 Å². The van der Waals surface area contributed by atoms with Crippen LogP contribution in [-0.2, 0) is 4.57 Å². The fraction of sp³-hybridized carbons (Fsp3) is 0.217. The van der Waals surface area contributed by atoms with E-state index in [-0.39, 0.29) is 17.8 Å². The molecule has 4 nitrogen and oxygen atoms in total. The molecule has 0 unspecified atom stereocenters. The second kappa shape index (κ2) is 21.6. The molecule has 0 bridgehead atoms. The number of phosphoric acid groups is 1. The molecule has 9 aromatic carbocycles. The molecular weight excluding hydrogens is 924 g/mol. The van der Waals surface area contributed by atoms with Crippen molar-refractivity contribution < 1.29 is 18.1 Å². The molecule has 0 aliphatic rings. The van der Waals surface area contributed by atoms with E-state index in [4.69, 9.17) is 13.6 Å². The Bertz CT molecular complexity index is 2880. The highest BCUT2D eigenvalue weighted by Crippen LogP contribution is 2.51. The van der Waals surface area contributed by atoms with E-state index in [0.717, 1.165) is 16.7 Å². The highest BCUT2D eigenvalue weighted by atomic mass is 31.2. The number of rotatable bonds is 15. The van der Waals surface area contributed by atoms with Crippen molar-refractivity contribution in [3.63, 3.8) is 0 Å². The van der Waals surface area contributed by atoms with E-state index < -0.39 is 7.82 Å². The Morgan fingerprint density at radius 2 is 0.392 bits per heavy atom. The molecule has 9 rings (SSSR count). The van der Waals surface area contributed by atoms with Gasteiger partial charge in [-0.1, -0.05) is 146 Å². The zero-order valence-electron chi connectivity index (χ0n) is 45.1. The standard InChI is InChI=1S/C69H69O4P/c1-43-19-13-20-44(2)61(43)67(62-45(3)21-14-22-46(62)4)55-31-37-58(38-32-55)71-74(70,72-59-39-33-56(34-40-59)68(63-47(5)23-15-24-48(63)6)64-49(7)25-16-26-50(64)8)73-60-41-35-57(36-42-60)69(65-51(9)27-17-28-52(65)10)66-53(11)29-18-30-54(66)12/h13-42,67-69H,1-12H3. The first kappa shape index (κ1) is 51.5. The van der Waals surface area contributed by atoms with E-state index >= 15 is 4.57 Å². The lowest BCUT2D eigenvalue weighted by Crippen LogP contribution is -2.12. The Kier molecular flexibility index (Phi) is 15.0. The molecule has 9 aromatic rings. The van der Waals surface area contributed by atoms with E-state index in [1.165, 1.54) is 100 Å². The Morgan fingerprint density at radius 3 is 0.541 bits per heavy atom. The molecule has 74 heavy (non-hydrogen) atoms. The van der Waals surface area contributed by atoms with Crippen LogP contribution in [0.5, 0.6) is 17.2 Å². The van der Waals surface area contributed by atoms with Crippen LogP contribution in [0.15, 0.2) is 182 Å². The molecule has 374 valence electrons. The van der Waals surface area contributed by atoms with Crippen molar-refractivity contribution in [2.24, 2.45) is 0 Å². The molecule has 0 amide bonds. The van der Waals surface area contributed by atoms with E-state index in [0.29, 0.717) is 17.2 Å². The maximum Gasteiger partial charge on any atom is 0.647 e. The van der Waals surface area contributed by atoms with Crippen LogP contribution in [0.25, 0.3) is 0 Å². The molecule has 0 radical (unpaired) electrons.